The topological polar surface area (TPSA) is 47.0 Å². The summed E-state index contributed by atoms with van der Waals surface area (Å²) in [5, 5.41) is 6.64. The van der Waals surface area contributed by atoms with Gasteiger partial charge in [0.05, 0.1) is 23.8 Å². The van der Waals surface area contributed by atoms with Gasteiger partial charge in [-0.3, -0.25) is 9.89 Å². The number of hydrogen-bond donors (Lipinski definition) is 1. The molecule has 2 rings (SSSR count). The van der Waals surface area contributed by atoms with E-state index in [1.165, 1.54) is 0 Å². The summed E-state index contributed by atoms with van der Waals surface area (Å²) in [6, 6.07) is 0.474. The van der Waals surface area contributed by atoms with Gasteiger partial charge in [-0.1, -0.05) is 0 Å². The van der Waals surface area contributed by atoms with E-state index in [1.807, 2.05) is 6.92 Å². The number of piperazine rings is 1. The van der Waals surface area contributed by atoms with Crippen LogP contribution in [-0.2, 0) is 6.54 Å². The summed E-state index contributed by atoms with van der Waals surface area (Å²) in [4.78, 5) is 16.5. The number of halogens is 1. The van der Waals surface area contributed by atoms with Gasteiger partial charge in [-0.05, 0) is 27.8 Å². The third-order valence-electron chi connectivity index (χ3n) is 4.43. The van der Waals surface area contributed by atoms with Gasteiger partial charge in [0.2, 0.25) is 0 Å². The molecule has 1 saturated heterocycles. The van der Waals surface area contributed by atoms with E-state index in [-0.39, 0.29) is 24.0 Å². The van der Waals surface area contributed by atoms with Crippen LogP contribution in [0.15, 0.2) is 10.4 Å². The number of aromatic nitrogens is 1. The molecule has 1 aliphatic heterocycles. The van der Waals surface area contributed by atoms with E-state index in [0.29, 0.717) is 6.04 Å². The molecule has 0 saturated carbocycles. The molecule has 1 N–H and O–H groups in total. The summed E-state index contributed by atoms with van der Waals surface area (Å²) >= 11 is 1.70. The number of likely N-dealkylation sites (N-methyl/N-ethyl adjacent to an activating group) is 1. The smallest absolute Gasteiger partial charge is 0.194 e. The van der Waals surface area contributed by atoms with Gasteiger partial charge in [-0.25, -0.2) is 4.98 Å². The molecule has 0 aliphatic carbocycles. The summed E-state index contributed by atoms with van der Waals surface area (Å²) in [5.74, 6) is 0.962. The first-order valence-corrected chi connectivity index (χ1v) is 9.70. The molecule has 0 spiro atoms. The van der Waals surface area contributed by atoms with Crippen molar-refractivity contribution in [3.8, 4) is 0 Å². The van der Waals surface area contributed by atoms with E-state index in [4.69, 9.17) is 4.99 Å². The van der Waals surface area contributed by atoms with Crippen LogP contribution in [0.25, 0.3) is 0 Å². The molecule has 25 heavy (non-hydrogen) atoms. The highest BCUT2D eigenvalue weighted by molar-refractivity contribution is 14.0. The Morgan fingerprint density at radius 1 is 1.40 bits per heavy atom. The minimum absolute atomic E-state index is 0. The molecule has 1 fully saturated rings. The average molecular weight is 480 g/mol. The Morgan fingerprint density at radius 3 is 2.64 bits per heavy atom. The maximum atomic E-state index is 4.86. The Morgan fingerprint density at radius 2 is 2.08 bits per heavy atom. The highest BCUT2D eigenvalue weighted by Crippen LogP contribution is 2.10. The zero-order valence-corrected chi connectivity index (χ0v) is 19.3. The molecule has 0 amide bonds. The molecule has 1 aliphatic rings. The summed E-state index contributed by atoms with van der Waals surface area (Å²) in [6.07, 6.45) is 0. The second-order valence-corrected chi connectivity index (χ2v) is 7.66. The second kappa shape index (κ2) is 11.3. The van der Waals surface area contributed by atoms with E-state index in [9.17, 15) is 0 Å². The van der Waals surface area contributed by atoms with Gasteiger partial charge < -0.3 is 15.1 Å². The van der Waals surface area contributed by atoms with E-state index in [0.717, 1.165) is 62.5 Å². The SMILES string of the molecule is CCNC(=NCC(C)N1CCN(C)CC1)N(C)Cc1csc(C)n1.I. The lowest BCUT2D eigenvalue weighted by molar-refractivity contribution is 0.122. The largest absolute Gasteiger partial charge is 0.357 e. The monoisotopic (exact) mass is 480 g/mol. The highest BCUT2D eigenvalue weighted by Gasteiger charge is 2.19. The second-order valence-electron chi connectivity index (χ2n) is 6.60. The Kier molecular flexibility index (Phi) is 10.2. The molecule has 0 radical (unpaired) electrons. The molecular formula is C17H33IN6S. The molecule has 0 aromatic carbocycles. The molecule has 1 unspecified atom stereocenters. The Labute approximate surface area is 173 Å². The fourth-order valence-corrected chi connectivity index (χ4v) is 3.47. The number of aliphatic imine (C=N–C) groups is 1. The van der Waals surface area contributed by atoms with Gasteiger partial charge >= 0.3 is 0 Å². The van der Waals surface area contributed by atoms with Crippen molar-refractivity contribution in [1.82, 2.24) is 25.0 Å². The molecule has 8 heteroatoms. The number of thiazole rings is 1. The van der Waals surface area contributed by atoms with Crippen LogP contribution in [0.1, 0.15) is 24.5 Å². The van der Waals surface area contributed by atoms with E-state index >= 15 is 0 Å². The maximum Gasteiger partial charge on any atom is 0.194 e. The van der Waals surface area contributed by atoms with E-state index in [1.54, 1.807) is 11.3 Å². The van der Waals surface area contributed by atoms with E-state index in [2.05, 4.69) is 58.3 Å². The number of hydrogen-bond acceptors (Lipinski definition) is 5. The number of nitrogens with zero attached hydrogens (tertiary/aromatic N) is 5. The van der Waals surface area contributed by atoms with Crippen LogP contribution >= 0.6 is 35.3 Å². The lowest BCUT2D eigenvalue weighted by Crippen LogP contribution is -2.49. The predicted molar refractivity (Wildman–Crippen MR) is 118 cm³/mol. The summed E-state index contributed by atoms with van der Waals surface area (Å²) < 4.78 is 0. The molecule has 2 heterocycles. The van der Waals surface area contributed by atoms with Gasteiger partial charge in [-0.15, -0.1) is 35.3 Å². The van der Waals surface area contributed by atoms with Crippen LogP contribution in [0.4, 0.5) is 0 Å². The van der Waals surface area contributed by atoms with Crippen molar-refractivity contribution in [2.45, 2.75) is 33.4 Å². The Bertz CT molecular complexity index is 527. The standard InChI is InChI=1S/C17H32N6S.HI/c1-6-18-17(22(5)12-16-13-24-15(3)20-16)19-11-14(2)23-9-7-21(4)8-10-23;/h13-14H,6-12H2,1-5H3,(H,18,19);1H. The highest BCUT2D eigenvalue weighted by atomic mass is 127. The maximum absolute atomic E-state index is 4.86. The molecule has 6 nitrogen and oxygen atoms in total. The van der Waals surface area contributed by atoms with Crippen LogP contribution in [0, 0.1) is 6.92 Å². The average Bonchev–Trinajstić information content (AvgIpc) is 2.96. The van der Waals surface area contributed by atoms with E-state index < -0.39 is 0 Å². The van der Waals surface area contributed by atoms with Crippen LogP contribution < -0.4 is 5.32 Å². The molecule has 1 aromatic heterocycles. The minimum Gasteiger partial charge on any atom is -0.357 e. The zero-order chi connectivity index (χ0) is 17.5. The van der Waals surface area contributed by atoms with Crippen molar-refractivity contribution in [1.29, 1.82) is 0 Å². The van der Waals surface area contributed by atoms with Crippen molar-refractivity contribution >= 4 is 41.3 Å². The molecule has 1 atom stereocenters. The number of rotatable bonds is 6. The van der Waals surface area contributed by atoms with Crippen molar-refractivity contribution < 1.29 is 0 Å². The van der Waals surface area contributed by atoms with Crippen molar-refractivity contribution in [2.24, 2.45) is 4.99 Å². The first-order chi connectivity index (χ1) is 11.5. The van der Waals surface area contributed by atoms with Crippen LogP contribution in [0.5, 0.6) is 0 Å². The Balaban J connectivity index is 0.00000312. The molecule has 1 aromatic rings. The van der Waals surface area contributed by atoms with Gasteiger partial charge in [0.15, 0.2) is 5.96 Å². The summed E-state index contributed by atoms with van der Waals surface area (Å²) in [7, 11) is 4.27. The van der Waals surface area contributed by atoms with Gasteiger partial charge in [-0.2, -0.15) is 0 Å². The summed E-state index contributed by atoms with van der Waals surface area (Å²) in [6.45, 7) is 13.5. The number of nitrogens with one attached hydrogen (secondary N) is 1. The third kappa shape index (κ3) is 7.36. The van der Waals surface area contributed by atoms with Gasteiger partial charge in [0.1, 0.15) is 0 Å². The number of aryl methyl sites for hydroxylation is 1. The molecule has 144 valence electrons. The first-order valence-electron chi connectivity index (χ1n) is 8.82. The fraction of sp³-hybridized carbons (Fsp3) is 0.765. The van der Waals surface area contributed by atoms with Gasteiger partial charge in [0.25, 0.3) is 0 Å². The predicted octanol–water partition coefficient (Wildman–Crippen LogP) is 2.10. The van der Waals surface area contributed by atoms with Crippen LogP contribution in [0.3, 0.4) is 0 Å². The normalized spacial score (nSPS) is 17.9. The number of guanidine groups is 1. The summed E-state index contributed by atoms with van der Waals surface area (Å²) in [5.41, 5.74) is 1.11. The zero-order valence-electron chi connectivity index (χ0n) is 16.2. The van der Waals surface area contributed by atoms with Crippen LogP contribution in [-0.4, -0.2) is 85.0 Å². The van der Waals surface area contributed by atoms with Crippen molar-refractivity contribution in [2.75, 3.05) is 53.4 Å². The van der Waals surface area contributed by atoms with Gasteiger partial charge in [0, 0.05) is 51.2 Å². The quantitative estimate of drug-likeness (QED) is 0.384. The molecular weight excluding hydrogens is 447 g/mol. The third-order valence-corrected chi connectivity index (χ3v) is 5.25. The lowest BCUT2D eigenvalue weighted by atomic mass is 10.2. The lowest BCUT2D eigenvalue weighted by Gasteiger charge is -2.36. The first kappa shape index (κ1) is 22.6. The Hall–Kier alpha value is -0.450. The minimum atomic E-state index is 0. The van der Waals surface area contributed by atoms with Crippen molar-refractivity contribution in [3.63, 3.8) is 0 Å². The molecule has 0 bridgehead atoms. The van der Waals surface area contributed by atoms with Crippen molar-refractivity contribution in [3.05, 3.63) is 16.1 Å². The van der Waals surface area contributed by atoms with Crippen LogP contribution in [0.2, 0.25) is 0 Å². The fourth-order valence-electron chi connectivity index (χ4n) is 2.87.